The molecule has 0 spiro atoms. The minimum absolute atomic E-state index is 0.0384. The van der Waals surface area contributed by atoms with E-state index < -0.39 is 9.84 Å². The van der Waals surface area contributed by atoms with E-state index in [1.165, 1.54) is 0 Å². The predicted molar refractivity (Wildman–Crippen MR) is 74.7 cm³/mol. The van der Waals surface area contributed by atoms with Gasteiger partial charge in [0.1, 0.15) is 5.82 Å². The van der Waals surface area contributed by atoms with E-state index in [-0.39, 0.29) is 23.6 Å². The topological polar surface area (TPSA) is 64.0 Å². The lowest BCUT2D eigenvalue weighted by Gasteiger charge is -2.28. The number of imidazole rings is 1. The monoisotopic (exact) mass is 279 g/mol. The van der Waals surface area contributed by atoms with E-state index in [9.17, 15) is 8.42 Å². The number of para-hydroxylation sites is 2. The fourth-order valence-electron chi connectivity index (χ4n) is 2.77. The van der Waals surface area contributed by atoms with Crippen molar-refractivity contribution in [3.8, 4) is 0 Å². The van der Waals surface area contributed by atoms with Gasteiger partial charge < -0.3 is 9.88 Å². The molecular weight excluding hydrogens is 262 g/mol. The smallest absolute Gasteiger partial charge is 0.153 e. The zero-order chi connectivity index (χ0) is 13.6. The molecule has 1 aromatic heterocycles. The SMILES string of the molecule is CC1CS(=O)(=O)CC(c2nc3ccccc3n2C)N1. The first-order valence-electron chi connectivity index (χ1n) is 6.34. The second kappa shape index (κ2) is 4.31. The Kier molecular flexibility index (Phi) is 2.87. The molecule has 102 valence electrons. The Morgan fingerprint density at radius 3 is 2.74 bits per heavy atom. The average molecular weight is 279 g/mol. The van der Waals surface area contributed by atoms with E-state index in [0.717, 1.165) is 16.9 Å². The number of hydrogen-bond acceptors (Lipinski definition) is 4. The van der Waals surface area contributed by atoms with Crippen LogP contribution in [0.4, 0.5) is 0 Å². The second-order valence-corrected chi connectivity index (χ2v) is 7.37. The van der Waals surface area contributed by atoms with Gasteiger partial charge >= 0.3 is 0 Å². The summed E-state index contributed by atoms with van der Waals surface area (Å²) >= 11 is 0. The average Bonchev–Trinajstić information content (AvgIpc) is 2.65. The van der Waals surface area contributed by atoms with Crippen LogP contribution in [-0.4, -0.2) is 35.5 Å². The van der Waals surface area contributed by atoms with Crippen molar-refractivity contribution in [1.82, 2.24) is 14.9 Å². The Morgan fingerprint density at radius 2 is 2.05 bits per heavy atom. The molecule has 2 heterocycles. The van der Waals surface area contributed by atoms with Gasteiger partial charge in [0.15, 0.2) is 9.84 Å². The molecule has 0 radical (unpaired) electrons. The molecule has 2 unspecified atom stereocenters. The van der Waals surface area contributed by atoms with Crippen molar-refractivity contribution in [3.05, 3.63) is 30.1 Å². The predicted octanol–water partition coefficient (Wildman–Crippen LogP) is 1.02. The third-order valence-corrected chi connectivity index (χ3v) is 5.39. The molecular formula is C13H17N3O2S. The van der Waals surface area contributed by atoms with Gasteiger partial charge in [-0.2, -0.15) is 0 Å². The standard InChI is InChI=1S/C13H17N3O2S/c1-9-7-19(17,18)8-11(14-9)13-15-10-5-3-4-6-12(10)16(13)2/h3-6,9,11,14H,7-8H2,1-2H3. The van der Waals surface area contributed by atoms with Crippen molar-refractivity contribution in [3.63, 3.8) is 0 Å². The molecule has 6 heteroatoms. The lowest BCUT2D eigenvalue weighted by molar-refractivity contribution is 0.448. The van der Waals surface area contributed by atoms with Crippen molar-refractivity contribution in [2.24, 2.45) is 7.05 Å². The maximum atomic E-state index is 11.9. The molecule has 1 aliphatic heterocycles. The van der Waals surface area contributed by atoms with Gasteiger partial charge in [-0.05, 0) is 19.1 Å². The fourth-order valence-corrected chi connectivity index (χ4v) is 4.51. The van der Waals surface area contributed by atoms with E-state index >= 15 is 0 Å². The summed E-state index contributed by atoms with van der Waals surface area (Å²) in [5.41, 5.74) is 1.92. The van der Waals surface area contributed by atoms with Gasteiger partial charge in [-0.1, -0.05) is 12.1 Å². The Bertz CT molecular complexity index is 721. The number of rotatable bonds is 1. The highest BCUT2D eigenvalue weighted by Gasteiger charge is 2.32. The Hall–Kier alpha value is -1.40. The van der Waals surface area contributed by atoms with E-state index in [1.54, 1.807) is 0 Å². The van der Waals surface area contributed by atoms with E-state index in [0.29, 0.717) is 0 Å². The van der Waals surface area contributed by atoms with Crippen molar-refractivity contribution >= 4 is 20.9 Å². The molecule has 1 saturated heterocycles. The van der Waals surface area contributed by atoms with Gasteiger partial charge in [-0.25, -0.2) is 13.4 Å². The van der Waals surface area contributed by atoms with Gasteiger partial charge in [0.2, 0.25) is 0 Å². The minimum Gasteiger partial charge on any atom is -0.330 e. The molecule has 0 saturated carbocycles. The minimum atomic E-state index is -3.00. The van der Waals surface area contributed by atoms with Crippen molar-refractivity contribution in [1.29, 1.82) is 0 Å². The highest BCUT2D eigenvalue weighted by Crippen LogP contribution is 2.23. The van der Waals surface area contributed by atoms with Gasteiger partial charge in [-0.15, -0.1) is 0 Å². The summed E-state index contributed by atoms with van der Waals surface area (Å²) in [5.74, 6) is 1.11. The third kappa shape index (κ3) is 2.26. The van der Waals surface area contributed by atoms with E-state index in [1.807, 2.05) is 42.8 Å². The number of fused-ring (bicyclic) bond motifs is 1. The van der Waals surface area contributed by atoms with Crippen LogP contribution in [-0.2, 0) is 16.9 Å². The molecule has 2 aromatic rings. The number of aromatic nitrogens is 2. The lowest BCUT2D eigenvalue weighted by atomic mass is 10.2. The highest BCUT2D eigenvalue weighted by molar-refractivity contribution is 7.91. The van der Waals surface area contributed by atoms with Crippen molar-refractivity contribution < 1.29 is 8.42 Å². The Balaban J connectivity index is 2.07. The maximum absolute atomic E-state index is 11.9. The molecule has 19 heavy (non-hydrogen) atoms. The van der Waals surface area contributed by atoms with E-state index in [2.05, 4.69) is 10.3 Å². The van der Waals surface area contributed by atoms with E-state index in [4.69, 9.17) is 0 Å². The van der Waals surface area contributed by atoms with Gasteiger partial charge in [0.25, 0.3) is 0 Å². The summed E-state index contributed by atoms with van der Waals surface area (Å²) in [7, 11) is -1.07. The molecule has 2 atom stereocenters. The summed E-state index contributed by atoms with van der Waals surface area (Å²) < 4.78 is 25.8. The molecule has 3 rings (SSSR count). The first-order valence-corrected chi connectivity index (χ1v) is 8.16. The largest absolute Gasteiger partial charge is 0.330 e. The van der Waals surface area contributed by atoms with Crippen LogP contribution in [0.3, 0.4) is 0 Å². The quantitative estimate of drug-likeness (QED) is 0.846. The van der Waals surface area contributed by atoms with Crippen LogP contribution in [0, 0.1) is 0 Å². The second-order valence-electron chi connectivity index (χ2n) is 5.21. The molecule has 5 nitrogen and oxygen atoms in total. The Labute approximate surface area is 112 Å². The number of benzene rings is 1. The molecule has 0 bridgehead atoms. The van der Waals surface area contributed by atoms with Crippen LogP contribution in [0.25, 0.3) is 11.0 Å². The normalized spacial score (nSPS) is 26.6. The fraction of sp³-hybridized carbons (Fsp3) is 0.462. The number of nitrogens with zero attached hydrogens (tertiary/aromatic N) is 2. The van der Waals surface area contributed by atoms with Crippen LogP contribution in [0.2, 0.25) is 0 Å². The van der Waals surface area contributed by atoms with Gasteiger partial charge in [-0.3, -0.25) is 0 Å². The summed E-state index contributed by atoms with van der Waals surface area (Å²) in [6, 6.07) is 7.56. The lowest BCUT2D eigenvalue weighted by Crippen LogP contribution is -2.46. The number of hydrogen-bond donors (Lipinski definition) is 1. The molecule has 1 aromatic carbocycles. The molecule has 1 N–H and O–H groups in total. The summed E-state index contributed by atoms with van der Waals surface area (Å²) in [4.78, 5) is 4.57. The first kappa shape index (κ1) is 12.6. The van der Waals surface area contributed by atoms with Gasteiger partial charge in [0.05, 0.1) is 28.6 Å². The molecule has 1 aliphatic rings. The first-order chi connectivity index (χ1) is 8.96. The highest BCUT2D eigenvalue weighted by atomic mass is 32.2. The molecule has 1 fully saturated rings. The third-order valence-electron chi connectivity index (χ3n) is 3.54. The summed E-state index contributed by atoms with van der Waals surface area (Å²) in [5, 5.41) is 3.33. The van der Waals surface area contributed by atoms with Crippen LogP contribution in [0.1, 0.15) is 18.8 Å². The Morgan fingerprint density at radius 1 is 1.32 bits per heavy atom. The number of aryl methyl sites for hydroxylation is 1. The van der Waals surface area contributed by atoms with Gasteiger partial charge in [0, 0.05) is 13.1 Å². The molecule has 0 aliphatic carbocycles. The number of nitrogens with one attached hydrogen (secondary N) is 1. The van der Waals surface area contributed by atoms with Crippen LogP contribution < -0.4 is 5.32 Å². The summed E-state index contributed by atoms with van der Waals surface area (Å²) in [6.45, 7) is 1.90. The zero-order valence-electron chi connectivity index (χ0n) is 11.0. The van der Waals surface area contributed by atoms with Crippen molar-refractivity contribution in [2.75, 3.05) is 11.5 Å². The number of sulfone groups is 1. The van der Waals surface area contributed by atoms with Crippen LogP contribution >= 0.6 is 0 Å². The zero-order valence-corrected chi connectivity index (χ0v) is 11.8. The maximum Gasteiger partial charge on any atom is 0.153 e. The van der Waals surface area contributed by atoms with Crippen LogP contribution in [0.15, 0.2) is 24.3 Å². The van der Waals surface area contributed by atoms with Crippen molar-refractivity contribution in [2.45, 2.75) is 19.0 Å². The summed E-state index contributed by atoms with van der Waals surface area (Å²) in [6.07, 6.45) is 0. The van der Waals surface area contributed by atoms with Crippen LogP contribution in [0.5, 0.6) is 0 Å². The molecule has 0 amide bonds.